The average Bonchev–Trinajstić information content (AvgIpc) is 1.91. The van der Waals surface area contributed by atoms with E-state index in [1.165, 1.54) is 6.92 Å². The Balaban J connectivity index is 0. The Hall–Kier alpha value is -0.700. The molecular weight excluding hydrogens is 132 g/mol. The first-order valence-electron chi connectivity index (χ1n) is 3.25. The van der Waals surface area contributed by atoms with Crippen molar-refractivity contribution in [1.82, 2.24) is 0 Å². The lowest BCUT2D eigenvalue weighted by atomic mass is 10.4. The van der Waals surface area contributed by atoms with Crippen LogP contribution in [0.25, 0.3) is 0 Å². The van der Waals surface area contributed by atoms with E-state index in [0.29, 0.717) is 6.61 Å². The second kappa shape index (κ2) is 11.1. The highest BCUT2D eigenvalue weighted by Crippen LogP contribution is 1.78. The minimum Gasteiger partial charge on any atom is -0.396 e. The predicted molar refractivity (Wildman–Crippen MR) is 38.7 cm³/mol. The van der Waals surface area contributed by atoms with Crippen LogP contribution in [0.3, 0.4) is 0 Å². The van der Waals surface area contributed by atoms with E-state index in [9.17, 15) is 4.79 Å². The van der Waals surface area contributed by atoms with Gasteiger partial charge in [0.25, 0.3) is 0 Å². The lowest BCUT2D eigenvalue weighted by Crippen LogP contribution is -1.85. The molecule has 3 nitrogen and oxygen atoms in total. The van der Waals surface area contributed by atoms with Crippen LogP contribution in [0.2, 0.25) is 0 Å². The lowest BCUT2D eigenvalue weighted by molar-refractivity contribution is -0.128. The van der Waals surface area contributed by atoms with E-state index in [4.69, 9.17) is 9.90 Å². The quantitative estimate of drug-likeness (QED) is 0.467. The number of Topliss-reactive ketones (excluding diaryl/α,β-unsaturated/α-hetero) is 1. The minimum absolute atomic E-state index is 0.278. The number of hydrogen-bond acceptors (Lipinski definition) is 3. The van der Waals surface area contributed by atoms with Gasteiger partial charge in [-0.3, -0.25) is 9.59 Å². The Morgan fingerprint density at radius 2 is 2.00 bits per heavy atom. The lowest BCUT2D eigenvalue weighted by Gasteiger charge is -1.79. The van der Waals surface area contributed by atoms with Gasteiger partial charge in [0.05, 0.1) is 0 Å². The Morgan fingerprint density at radius 1 is 1.60 bits per heavy atom. The van der Waals surface area contributed by atoms with Gasteiger partial charge in [0.2, 0.25) is 0 Å². The number of carbonyl (C=O) groups is 2. The van der Waals surface area contributed by atoms with Crippen molar-refractivity contribution in [2.75, 3.05) is 6.61 Å². The standard InChI is InChI=1S/C4H10O.C3H4O2/c1-2-3-4-5;1-3(5)2-4/h5H,2-4H2,1H3;2H,1H3. The molecule has 0 spiro atoms. The van der Waals surface area contributed by atoms with Gasteiger partial charge in [-0.25, -0.2) is 0 Å². The molecule has 60 valence electrons. The molecule has 0 aliphatic rings. The van der Waals surface area contributed by atoms with E-state index < -0.39 is 5.78 Å². The first-order chi connectivity index (χ1) is 4.68. The Labute approximate surface area is 61.1 Å². The second-order valence-electron chi connectivity index (χ2n) is 1.81. The van der Waals surface area contributed by atoms with Crippen LogP contribution < -0.4 is 0 Å². The van der Waals surface area contributed by atoms with E-state index in [-0.39, 0.29) is 6.29 Å². The van der Waals surface area contributed by atoms with Gasteiger partial charge in [0.15, 0.2) is 12.1 Å². The monoisotopic (exact) mass is 146 g/mol. The fraction of sp³-hybridized carbons (Fsp3) is 0.714. The van der Waals surface area contributed by atoms with Crippen molar-refractivity contribution in [2.45, 2.75) is 26.7 Å². The summed E-state index contributed by atoms with van der Waals surface area (Å²) in [5.41, 5.74) is 0. The molecule has 1 N–H and O–H groups in total. The third-order valence-corrected chi connectivity index (χ3v) is 0.678. The molecule has 0 aliphatic heterocycles. The molecule has 0 aromatic heterocycles. The molecule has 0 aromatic rings. The number of aliphatic hydroxyl groups excluding tert-OH is 1. The maximum absolute atomic E-state index is 9.44. The zero-order chi connectivity index (χ0) is 8.41. The van der Waals surface area contributed by atoms with Crippen LogP contribution in [-0.4, -0.2) is 23.8 Å². The van der Waals surface area contributed by atoms with Gasteiger partial charge in [-0.2, -0.15) is 0 Å². The summed E-state index contributed by atoms with van der Waals surface area (Å²) in [5.74, 6) is -0.426. The van der Waals surface area contributed by atoms with Gasteiger partial charge in [-0.05, 0) is 6.42 Å². The third-order valence-electron chi connectivity index (χ3n) is 0.678. The largest absolute Gasteiger partial charge is 0.396 e. The molecule has 0 atom stereocenters. The fourth-order valence-electron chi connectivity index (χ4n) is 0.158. The molecule has 0 aromatic carbocycles. The van der Waals surface area contributed by atoms with E-state index in [1.54, 1.807) is 0 Å². The van der Waals surface area contributed by atoms with Crippen molar-refractivity contribution in [2.24, 2.45) is 0 Å². The van der Waals surface area contributed by atoms with Crippen LogP contribution in [0.4, 0.5) is 0 Å². The second-order valence-corrected chi connectivity index (χ2v) is 1.81. The highest BCUT2D eigenvalue weighted by Gasteiger charge is 1.76. The van der Waals surface area contributed by atoms with Gasteiger partial charge in [0, 0.05) is 13.5 Å². The summed E-state index contributed by atoms with van der Waals surface area (Å²) in [4.78, 5) is 18.6. The zero-order valence-corrected chi connectivity index (χ0v) is 6.46. The molecule has 3 heteroatoms. The average molecular weight is 146 g/mol. The van der Waals surface area contributed by atoms with Gasteiger partial charge in [-0.1, -0.05) is 13.3 Å². The summed E-state index contributed by atoms with van der Waals surface area (Å²) in [7, 11) is 0. The summed E-state index contributed by atoms with van der Waals surface area (Å²) in [6.45, 7) is 3.61. The highest BCUT2D eigenvalue weighted by molar-refractivity contribution is 6.23. The Bertz CT molecular complexity index is 86.9. The third kappa shape index (κ3) is 26.6. The van der Waals surface area contributed by atoms with Gasteiger partial charge in [0.1, 0.15) is 0 Å². The molecule has 0 amide bonds. The SMILES string of the molecule is CC(=O)C=O.CCCCO. The number of rotatable bonds is 3. The van der Waals surface area contributed by atoms with Crippen LogP contribution in [0.15, 0.2) is 0 Å². The van der Waals surface area contributed by atoms with E-state index >= 15 is 0 Å². The smallest absolute Gasteiger partial charge is 0.192 e. The van der Waals surface area contributed by atoms with Crippen LogP contribution in [0.5, 0.6) is 0 Å². The summed E-state index contributed by atoms with van der Waals surface area (Å²) in [5, 5.41) is 8.07. The Morgan fingerprint density at radius 3 is 2.00 bits per heavy atom. The van der Waals surface area contributed by atoms with Crippen LogP contribution in [0, 0.1) is 0 Å². The molecule has 0 radical (unpaired) electrons. The van der Waals surface area contributed by atoms with Crippen molar-refractivity contribution in [3.8, 4) is 0 Å². The fourth-order valence-corrected chi connectivity index (χ4v) is 0.158. The molecule has 0 saturated heterocycles. The molecule has 0 rings (SSSR count). The van der Waals surface area contributed by atoms with E-state index in [2.05, 4.69) is 6.92 Å². The van der Waals surface area contributed by atoms with Crippen LogP contribution >= 0.6 is 0 Å². The minimum atomic E-state index is -0.426. The van der Waals surface area contributed by atoms with E-state index in [0.717, 1.165) is 12.8 Å². The maximum atomic E-state index is 9.44. The van der Waals surface area contributed by atoms with E-state index in [1.807, 2.05) is 0 Å². The van der Waals surface area contributed by atoms with Crippen molar-refractivity contribution in [1.29, 1.82) is 0 Å². The number of carbonyl (C=O) groups excluding carboxylic acids is 2. The molecule has 0 heterocycles. The predicted octanol–water partition coefficient (Wildman–Crippen LogP) is 0.553. The summed E-state index contributed by atoms with van der Waals surface area (Å²) >= 11 is 0. The number of ketones is 1. The number of unbranched alkanes of at least 4 members (excludes halogenated alkanes) is 1. The summed E-state index contributed by atoms with van der Waals surface area (Å²) < 4.78 is 0. The highest BCUT2D eigenvalue weighted by atomic mass is 16.2. The first-order valence-corrected chi connectivity index (χ1v) is 3.25. The van der Waals surface area contributed by atoms with Crippen molar-refractivity contribution >= 4 is 12.1 Å². The van der Waals surface area contributed by atoms with Gasteiger partial charge < -0.3 is 5.11 Å². The van der Waals surface area contributed by atoms with Crippen LogP contribution in [0.1, 0.15) is 26.7 Å². The molecule has 0 bridgehead atoms. The maximum Gasteiger partial charge on any atom is 0.192 e. The summed E-state index contributed by atoms with van der Waals surface area (Å²) in [6.07, 6.45) is 2.32. The molecule has 0 aliphatic carbocycles. The molecule has 0 unspecified atom stereocenters. The van der Waals surface area contributed by atoms with Gasteiger partial charge >= 0.3 is 0 Å². The molecule has 0 fully saturated rings. The normalized spacial score (nSPS) is 7.50. The molecular formula is C7H14O3. The zero-order valence-electron chi connectivity index (χ0n) is 6.46. The topological polar surface area (TPSA) is 54.4 Å². The van der Waals surface area contributed by atoms with Crippen molar-refractivity contribution < 1.29 is 14.7 Å². The van der Waals surface area contributed by atoms with Crippen LogP contribution in [-0.2, 0) is 9.59 Å². The molecule has 0 saturated carbocycles. The number of aldehydes is 1. The number of hydrogen-bond donors (Lipinski definition) is 1. The number of aliphatic hydroxyl groups is 1. The summed E-state index contributed by atoms with van der Waals surface area (Å²) in [6, 6.07) is 0. The first kappa shape index (κ1) is 12.0. The Kier molecular flexibility index (Phi) is 13.4. The van der Waals surface area contributed by atoms with Crippen molar-refractivity contribution in [3.05, 3.63) is 0 Å². The van der Waals surface area contributed by atoms with Crippen molar-refractivity contribution in [3.63, 3.8) is 0 Å². The van der Waals surface area contributed by atoms with Gasteiger partial charge in [-0.15, -0.1) is 0 Å². The molecule has 10 heavy (non-hydrogen) atoms.